The molecule has 0 bridgehead atoms. The molecule has 160 valence electrons. The third kappa shape index (κ3) is 4.35. The van der Waals surface area contributed by atoms with E-state index < -0.39 is 5.41 Å². The Bertz CT molecular complexity index is 1070. The van der Waals surface area contributed by atoms with Crippen molar-refractivity contribution in [1.29, 1.82) is 0 Å². The van der Waals surface area contributed by atoms with Gasteiger partial charge in [0.2, 0.25) is 11.8 Å². The minimum absolute atomic E-state index is 0.280. The van der Waals surface area contributed by atoms with Gasteiger partial charge in [-0.3, -0.25) is 4.79 Å². The Balaban J connectivity index is 1.39. The second kappa shape index (κ2) is 8.47. The summed E-state index contributed by atoms with van der Waals surface area (Å²) in [7, 11) is 1.58. The number of anilines is 2. The number of hydrogen-bond donors (Lipinski definition) is 2. The Morgan fingerprint density at radius 2 is 1.61 bits per heavy atom. The van der Waals surface area contributed by atoms with Crippen molar-refractivity contribution in [3.63, 3.8) is 0 Å². The summed E-state index contributed by atoms with van der Waals surface area (Å²) in [6.45, 7) is 2.07. The minimum Gasteiger partial charge on any atom is -0.497 e. The first kappa shape index (κ1) is 20.4. The first-order valence-electron chi connectivity index (χ1n) is 9.88. The van der Waals surface area contributed by atoms with Gasteiger partial charge in [-0.15, -0.1) is 10.2 Å². The number of nitrogens with zero attached hydrogens (tertiary/aromatic N) is 2. The number of urea groups is 1. The average molecular weight is 422 g/mol. The van der Waals surface area contributed by atoms with Gasteiger partial charge < -0.3 is 24.5 Å². The summed E-state index contributed by atoms with van der Waals surface area (Å²) in [6.07, 6.45) is 1.28. The van der Waals surface area contributed by atoms with Gasteiger partial charge >= 0.3 is 12.0 Å². The van der Waals surface area contributed by atoms with E-state index >= 15 is 0 Å². The molecule has 1 heterocycles. The normalized spacial score (nSPS) is 13.9. The van der Waals surface area contributed by atoms with Gasteiger partial charge in [0.1, 0.15) is 11.2 Å². The molecular weight excluding hydrogens is 400 g/mol. The lowest BCUT2D eigenvalue weighted by molar-refractivity contribution is -0.146. The summed E-state index contributed by atoms with van der Waals surface area (Å²) >= 11 is 0. The number of methoxy groups -OCH3 is 1. The fraction of sp³-hybridized carbons (Fsp3) is 0.273. The number of nitrogens with one attached hydrogen (secondary N) is 2. The van der Waals surface area contributed by atoms with Crippen LogP contribution in [0.15, 0.2) is 52.9 Å². The number of carbonyl (C=O) groups is 2. The maximum absolute atomic E-state index is 12.2. The van der Waals surface area contributed by atoms with Crippen LogP contribution < -0.4 is 15.4 Å². The molecule has 1 aliphatic carbocycles. The molecule has 1 aliphatic rings. The van der Waals surface area contributed by atoms with Gasteiger partial charge in [-0.1, -0.05) is 0 Å². The summed E-state index contributed by atoms with van der Waals surface area (Å²) in [6, 6.07) is 13.6. The molecule has 0 saturated heterocycles. The molecule has 0 unspecified atom stereocenters. The molecule has 2 amide bonds. The highest BCUT2D eigenvalue weighted by Gasteiger charge is 2.57. The molecule has 0 aliphatic heterocycles. The SMILES string of the molecule is CCOC(=O)C1(c2nnc(-c3ccc(NC(=O)Nc4ccc(OC)cc4)cc3)o2)CC1. The van der Waals surface area contributed by atoms with E-state index in [4.69, 9.17) is 13.9 Å². The Hall–Kier alpha value is -3.88. The zero-order chi connectivity index (χ0) is 21.8. The zero-order valence-corrected chi connectivity index (χ0v) is 17.2. The molecule has 0 radical (unpaired) electrons. The summed E-state index contributed by atoms with van der Waals surface area (Å²) in [5.74, 6) is 0.968. The second-order valence-electron chi connectivity index (χ2n) is 7.10. The van der Waals surface area contributed by atoms with E-state index in [-0.39, 0.29) is 17.9 Å². The highest BCUT2D eigenvalue weighted by molar-refractivity contribution is 5.99. The molecule has 1 aromatic heterocycles. The topological polar surface area (TPSA) is 116 Å². The van der Waals surface area contributed by atoms with Crippen molar-refractivity contribution in [3.05, 3.63) is 54.4 Å². The first-order valence-corrected chi connectivity index (χ1v) is 9.88. The van der Waals surface area contributed by atoms with E-state index in [1.165, 1.54) is 0 Å². The molecule has 1 fully saturated rings. The van der Waals surface area contributed by atoms with Crippen molar-refractivity contribution >= 4 is 23.4 Å². The van der Waals surface area contributed by atoms with Gasteiger partial charge in [-0.25, -0.2) is 4.79 Å². The lowest BCUT2D eigenvalue weighted by Gasteiger charge is -2.09. The number of carbonyl (C=O) groups excluding carboxylic acids is 2. The summed E-state index contributed by atoms with van der Waals surface area (Å²) < 4.78 is 16.0. The first-order chi connectivity index (χ1) is 15.0. The van der Waals surface area contributed by atoms with E-state index in [0.717, 1.165) is 0 Å². The Kier molecular flexibility index (Phi) is 5.57. The van der Waals surface area contributed by atoms with Gasteiger partial charge in [-0.2, -0.15) is 0 Å². The van der Waals surface area contributed by atoms with Crippen molar-refractivity contribution in [3.8, 4) is 17.2 Å². The second-order valence-corrected chi connectivity index (χ2v) is 7.10. The van der Waals surface area contributed by atoms with E-state index in [2.05, 4.69) is 20.8 Å². The van der Waals surface area contributed by atoms with Crippen molar-refractivity contribution in [2.24, 2.45) is 0 Å². The molecule has 4 rings (SSSR count). The zero-order valence-electron chi connectivity index (χ0n) is 17.2. The lowest BCUT2D eigenvalue weighted by atomic mass is 10.1. The van der Waals surface area contributed by atoms with Crippen molar-refractivity contribution < 1.29 is 23.5 Å². The number of aromatic nitrogens is 2. The van der Waals surface area contributed by atoms with Gasteiger partial charge in [0.05, 0.1) is 13.7 Å². The van der Waals surface area contributed by atoms with Crippen LogP contribution in [-0.2, 0) is 14.9 Å². The van der Waals surface area contributed by atoms with Crippen LogP contribution >= 0.6 is 0 Å². The number of benzene rings is 2. The van der Waals surface area contributed by atoms with E-state index in [1.807, 2.05) is 0 Å². The van der Waals surface area contributed by atoms with Gasteiger partial charge in [0.15, 0.2) is 0 Å². The predicted octanol–water partition coefficient (Wildman–Crippen LogP) is 3.98. The molecule has 0 atom stereocenters. The van der Waals surface area contributed by atoms with Crippen molar-refractivity contribution in [2.45, 2.75) is 25.2 Å². The van der Waals surface area contributed by atoms with Crippen LogP contribution in [0.2, 0.25) is 0 Å². The molecular formula is C22H22N4O5. The molecule has 1 saturated carbocycles. The van der Waals surface area contributed by atoms with Crippen LogP contribution in [0.25, 0.3) is 11.5 Å². The fourth-order valence-electron chi connectivity index (χ4n) is 3.10. The van der Waals surface area contributed by atoms with Crippen molar-refractivity contribution in [2.75, 3.05) is 24.4 Å². The monoisotopic (exact) mass is 422 g/mol. The number of hydrogen-bond acceptors (Lipinski definition) is 7. The van der Waals surface area contributed by atoms with Crippen LogP contribution in [-0.4, -0.2) is 35.9 Å². The summed E-state index contributed by atoms with van der Waals surface area (Å²) in [5.41, 5.74) is 1.12. The smallest absolute Gasteiger partial charge is 0.323 e. The molecule has 2 N–H and O–H groups in total. The third-order valence-corrected chi connectivity index (χ3v) is 4.99. The number of ether oxygens (including phenoxy) is 2. The van der Waals surface area contributed by atoms with Crippen LogP contribution in [0.4, 0.5) is 16.2 Å². The van der Waals surface area contributed by atoms with E-state index in [1.54, 1.807) is 62.6 Å². The van der Waals surface area contributed by atoms with Crippen LogP contribution in [0.3, 0.4) is 0 Å². The third-order valence-electron chi connectivity index (χ3n) is 4.99. The van der Waals surface area contributed by atoms with Crippen LogP contribution in [0.5, 0.6) is 5.75 Å². The van der Waals surface area contributed by atoms with Crippen LogP contribution in [0.1, 0.15) is 25.7 Å². The van der Waals surface area contributed by atoms with Gasteiger partial charge in [-0.05, 0) is 68.3 Å². The Labute approximate surface area is 178 Å². The highest BCUT2D eigenvalue weighted by Crippen LogP contribution is 2.49. The maximum atomic E-state index is 12.2. The fourth-order valence-corrected chi connectivity index (χ4v) is 3.10. The Morgan fingerprint density at radius 1 is 1.00 bits per heavy atom. The van der Waals surface area contributed by atoms with Crippen molar-refractivity contribution in [1.82, 2.24) is 10.2 Å². The minimum atomic E-state index is -0.803. The molecule has 9 nitrogen and oxygen atoms in total. The number of amides is 2. The predicted molar refractivity (Wildman–Crippen MR) is 113 cm³/mol. The number of rotatable bonds is 7. The van der Waals surface area contributed by atoms with Gasteiger partial charge in [0, 0.05) is 16.9 Å². The van der Waals surface area contributed by atoms with Crippen LogP contribution in [0, 0.1) is 0 Å². The Morgan fingerprint density at radius 3 is 2.16 bits per heavy atom. The summed E-state index contributed by atoms with van der Waals surface area (Å²) in [5, 5.41) is 13.6. The highest BCUT2D eigenvalue weighted by atomic mass is 16.5. The van der Waals surface area contributed by atoms with E-state index in [9.17, 15) is 9.59 Å². The number of esters is 1. The summed E-state index contributed by atoms with van der Waals surface area (Å²) in [4.78, 5) is 24.4. The van der Waals surface area contributed by atoms with Gasteiger partial charge in [0.25, 0.3) is 0 Å². The quantitative estimate of drug-likeness (QED) is 0.553. The lowest BCUT2D eigenvalue weighted by Crippen LogP contribution is -2.23. The van der Waals surface area contributed by atoms with E-state index in [0.29, 0.717) is 48.0 Å². The molecule has 3 aromatic rings. The molecule has 0 spiro atoms. The molecule has 9 heteroatoms. The average Bonchev–Trinajstić information content (AvgIpc) is 3.45. The largest absolute Gasteiger partial charge is 0.497 e. The molecule has 31 heavy (non-hydrogen) atoms. The standard InChI is InChI=1S/C22H22N4O5/c1-3-30-20(27)22(12-13-22)19-26-25-18(31-19)14-4-6-15(7-5-14)23-21(28)24-16-8-10-17(29-2)11-9-16/h4-11H,3,12-13H2,1-2H3,(H2,23,24,28). The molecule has 2 aromatic carbocycles. The maximum Gasteiger partial charge on any atom is 0.323 e.